The molecule has 4 saturated carbocycles. The fraction of sp³-hybridized carbons (Fsp3) is 0.952. The number of ketones is 1. The van der Waals surface area contributed by atoms with Gasteiger partial charge in [0, 0.05) is 5.92 Å². The number of hydrogen-bond acceptors (Lipinski definition) is 4. The van der Waals surface area contributed by atoms with Gasteiger partial charge in [-0.2, -0.15) is 0 Å². The Morgan fingerprint density at radius 1 is 1.04 bits per heavy atom. The van der Waals surface area contributed by atoms with Crippen LogP contribution in [0.1, 0.15) is 65.2 Å². The van der Waals surface area contributed by atoms with Crippen molar-refractivity contribution in [2.45, 2.75) is 77.4 Å². The van der Waals surface area contributed by atoms with Crippen LogP contribution >= 0.6 is 0 Å². The molecule has 0 aromatic heterocycles. The summed E-state index contributed by atoms with van der Waals surface area (Å²) in [6.07, 6.45) is 7.12. The zero-order valence-electron chi connectivity index (χ0n) is 15.7. The number of aliphatic hydroxyl groups is 3. The SMILES string of the molecule is C[C@]12CC(O)[C@H]3[C@@H](CCC4CC(O)CC[C@@]43C)[C@@H]1CC[C@@H]2C(=O)CO. The summed E-state index contributed by atoms with van der Waals surface area (Å²) in [6.45, 7) is 4.19. The largest absolute Gasteiger partial charge is 0.393 e. The molecule has 0 bridgehead atoms. The zero-order chi connectivity index (χ0) is 18.0. The molecule has 0 heterocycles. The van der Waals surface area contributed by atoms with Crippen LogP contribution in [0.4, 0.5) is 0 Å². The van der Waals surface area contributed by atoms with Crippen LogP contribution in [0.3, 0.4) is 0 Å². The second-order valence-electron chi connectivity index (χ2n) is 10.0. The van der Waals surface area contributed by atoms with Crippen molar-refractivity contribution in [1.82, 2.24) is 0 Å². The molecule has 0 amide bonds. The van der Waals surface area contributed by atoms with E-state index in [9.17, 15) is 20.1 Å². The van der Waals surface area contributed by atoms with E-state index in [0.717, 1.165) is 44.9 Å². The summed E-state index contributed by atoms with van der Waals surface area (Å²) in [4.78, 5) is 12.3. The van der Waals surface area contributed by atoms with Gasteiger partial charge in [0.25, 0.3) is 0 Å². The summed E-state index contributed by atoms with van der Waals surface area (Å²) >= 11 is 0. The molecule has 0 radical (unpaired) electrons. The lowest BCUT2D eigenvalue weighted by Crippen LogP contribution is -2.59. The molecule has 3 N–H and O–H groups in total. The molecule has 4 fully saturated rings. The van der Waals surface area contributed by atoms with Crippen LogP contribution < -0.4 is 0 Å². The van der Waals surface area contributed by atoms with Gasteiger partial charge < -0.3 is 15.3 Å². The van der Waals surface area contributed by atoms with Crippen LogP contribution in [-0.4, -0.2) is 39.9 Å². The molecule has 0 aromatic rings. The van der Waals surface area contributed by atoms with Gasteiger partial charge in [-0.1, -0.05) is 13.8 Å². The van der Waals surface area contributed by atoms with Crippen molar-refractivity contribution in [3.05, 3.63) is 0 Å². The van der Waals surface area contributed by atoms with Crippen molar-refractivity contribution in [3.63, 3.8) is 0 Å². The fourth-order valence-electron chi connectivity index (χ4n) is 8.00. The monoisotopic (exact) mass is 350 g/mol. The van der Waals surface area contributed by atoms with E-state index in [4.69, 9.17) is 0 Å². The summed E-state index contributed by atoms with van der Waals surface area (Å²) in [5.74, 6) is 1.69. The molecule has 0 spiro atoms. The average Bonchev–Trinajstić information content (AvgIpc) is 2.91. The Hall–Kier alpha value is -0.450. The van der Waals surface area contributed by atoms with Crippen molar-refractivity contribution in [3.8, 4) is 0 Å². The minimum atomic E-state index is -0.366. The van der Waals surface area contributed by atoms with Gasteiger partial charge in [0.1, 0.15) is 6.61 Å². The summed E-state index contributed by atoms with van der Waals surface area (Å²) in [5.41, 5.74) is -0.0280. The van der Waals surface area contributed by atoms with Gasteiger partial charge in [-0.05, 0) is 85.9 Å². The molecule has 4 nitrogen and oxygen atoms in total. The predicted molar refractivity (Wildman–Crippen MR) is 94.7 cm³/mol. The highest BCUT2D eigenvalue weighted by Gasteiger charge is 2.63. The molecule has 4 rings (SSSR count). The lowest BCUT2D eigenvalue weighted by Gasteiger charge is -2.62. The number of hydrogen-bond donors (Lipinski definition) is 3. The smallest absolute Gasteiger partial charge is 0.161 e. The Bertz CT molecular complexity index is 548. The van der Waals surface area contributed by atoms with Gasteiger partial charge in [0.15, 0.2) is 5.78 Å². The average molecular weight is 350 g/mol. The maximum Gasteiger partial charge on any atom is 0.161 e. The summed E-state index contributed by atoms with van der Waals surface area (Å²) in [7, 11) is 0. The molecule has 142 valence electrons. The summed E-state index contributed by atoms with van der Waals surface area (Å²) < 4.78 is 0. The van der Waals surface area contributed by atoms with Crippen LogP contribution in [0.25, 0.3) is 0 Å². The Balaban J connectivity index is 1.65. The van der Waals surface area contributed by atoms with Gasteiger partial charge in [-0.3, -0.25) is 4.79 Å². The maximum absolute atomic E-state index is 12.3. The van der Waals surface area contributed by atoms with E-state index in [1.54, 1.807) is 0 Å². The molecule has 0 saturated heterocycles. The molecule has 4 aliphatic carbocycles. The predicted octanol–water partition coefficient (Wildman–Crippen LogP) is 2.54. The first-order valence-electron chi connectivity index (χ1n) is 10.3. The van der Waals surface area contributed by atoms with Crippen molar-refractivity contribution >= 4 is 5.78 Å². The number of aliphatic hydroxyl groups excluding tert-OH is 3. The summed E-state index contributed by atoms with van der Waals surface area (Å²) in [6, 6.07) is 0. The van der Waals surface area contributed by atoms with Gasteiger partial charge in [-0.25, -0.2) is 0 Å². The third-order valence-corrected chi connectivity index (χ3v) is 9.11. The normalized spacial score (nSPS) is 55.2. The van der Waals surface area contributed by atoms with E-state index in [1.807, 2.05) is 0 Å². The van der Waals surface area contributed by atoms with Crippen LogP contribution in [0.5, 0.6) is 0 Å². The minimum absolute atomic E-state index is 0.0312. The van der Waals surface area contributed by atoms with E-state index in [-0.39, 0.29) is 41.3 Å². The Labute approximate surface area is 151 Å². The molecular formula is C21H34O4. The lowest BCUT2D eigenvalue weighted by molar-refractivity contribution is -0.179. The maximum atomic E-state index is 12.3. The van der Waals surface area contributed by atoms with E-state index >= 15 is 0 Å². The van der Waals surface area contributed by atoms with Gasteiger partial charge >= 0.3 is 0 Å². The van der Waals surface area contributed by atoms with Gasteiger partial charge in [0.2, 0.25) is 0 Å². The number of carbonyl (C=O) groups is 1. The molecule has 0 aromatic carbocycles. The molecular weight excluding hydrogens is 316 g/mol. The van der Waals surface area contributed by atoms with Crippen LogP contribution in [-0.2, 0) is 4.79 Å². The Kier molecular flexibility index (Phi) is 4.33. The molecule has 0 aliphatic heterocycles. The number of Topliss-reactive ketones (excluding diaryl/α,β-unsaturated/α-hetero) is 1. The van der Waals surface area contributed by atoms with E-state index < -0.39 is 0 Å². The van der Waals surface area contributed by atoms with Crippen molar-refractivity contribution in [2.75, 3.05) is 6.61 Å². The molecule has 9 atom stereocenters. The third-order valence-electron chi connectivity index (χ3n) is 9.11. The van der Waals surface area contributed by atoms with Crippen LogP contribution in [0.2, 0.25) is 0 Å². The number of fused-ring (bicyclic) bond motifs is 5. The highest BCUT2D eigenvalue weighted by molar-refractivity contribution is 5.83. The van der Waals surface area contributed by atoms with E-state index in [2.05, 4.69) is 13.8 Å². The summed E-state index contributed by atoms with van der Waals surface area (Å²) in [5, 5.41) is 30.7. The second-order valence-corrected chi connectivity index (χ2v) is 10.0. The van der Waals surface area contributed by atoms with Gasteiger partial charge in [-0.15, -0.1) is 0 Å². The first-order chi connectivity index (χ1) is 11.8. The quantitative estimate of drug-likeness (QED) is 0.715. The highest BCUT2D eigenvalue weighted by Crippen LogP contribution is 2.67. The van der Waals surface area contributed by atoms with Crippen molar-refractivity contribution in [1.29, 1.82) is 0 Å². The minimum Gasteiger partial charge on any atom is -0.393 e. The zero-order valence-corrected chi connectivity index (χ0v) is 15.7. The molecule has 25 heavy (non-hydrogen) atoms. The van der Waals surface area contributed by atoms with Crippen molar-refractivity contribution in [2.24, 2.45) is 40.4 Å². The number of rotatable bonds is 2. The Morgan fingerprint density at radius 3 is 2.52 bits per heavy atom. The van der Waals surface area contributed by atoms with Crippen LogP contribution in [0.15, 0.2) is 0 Å². The molecule has 4 heteroatoms. The second kappa shape index (κ2) is 6.03. The van der Waals surface area contributed by atoms with Gasteiger partial charge in [0.05, 0.1) is 12.2 Å². The first kappa shape index (κ1) is 17.9. The van der Waals surface area contributed by atoms with E-state index in [0.29, 0.717) is 30.1 Å². The standard InChI is InChI=1S/C21H34O4/c1-20-8-7-13(23)9-12(20)3-4-14-15-5-6-16(18(25)11-22)21(15,2)10-17(24)19(14)20/h12-17,19,22-24H,3-11H2,1-2H3/t12?,13?,14-,15-,16+,17?,19+,20-,21-/m0/s1. The van der Waals surface area contributed by atoms with Crippen molar-refractivity contribution < 1.29 is 20.1 Å². The lowest BCUT2D eigenvalue weighted by atomic mass is 9.44. The first-order valence-corrected chi connectivity index (χ1v) is 10.3. The Morgan fingerprint density at radius 2 is 1.80 bits per heavy atom. The van der Waals surface area contributed by atoms with Crippen LogP contribution in [0, 0.1) is 40.4 Å². The third kappa shape index (κ3) is 2.47. The topological polar surface area (TPSA) is 77.8 Å². The molecule has 4 aliphatic rings. The number of carbonyl (C=O) groups excluding carboxylic acids is 1. The fourth-order valence-corrected chi connectivity index (χ4v) is 8.00. The van der Waals surface area contributed by atoms with E-state index in [1.165, 1.54) is 0 Å². The highest BCUT2D eigenvalue weighted by atomic mass is 16.3. The molecule has 3 unspecified atom stereocenters.